The number of rotatable bonds is 9. The summed E-state index contributed by atoms with van der Waals surface area (Å²) in [5.74, 6) is 1.02. The van der Waals surface area contributed by atoms with Crippen LogP contribution in [0.1, 0.15) is 45.1 Å². The second kappa shape index (κ2) is 12.1. The van der Waals surface area contributed by atoms with Crippen LogP contribution < -0.4 is 24.4 Å². The molecule has 0 fully saturated rings. The zero-order chi connectivity index (χ0) is 30.8. The van der Waals surface area contributed by atoms with E-state index in [1.165, 1.54) is 17.7 Å². The van der Waals surface area contributed by atoms with Crippen molar-refractivity contribution in [2.45, 2.75) is 39.8 Å². The summed E-state index contributed by atoms with van der Waals surface area (Å²) >= 11 is 1.14. The van der Waals surface area contributed by atoms with Crippen molar-refractivity contribution in [2.24, 2.45) is 4.99 Å². The van der Waals surface area contributed by atoms with Crippen molar-refractivity contribution in [3.63, 3.8) is 0 Å². The van der Waals surface area contributed by atoms with E-state index in [2.05, 4.69) is 4.99 Å². The smallest absolute Gasteiger partial charge is 0.338 e. The minimum atomic E-state index is -0.849. The van der Waals surface area contributed by atoms with Gasteiger partial charge in [-0.2, -0.15) is 0 Å². The lowest BCUT2D eigenvalue weighted by atomic mass is 9.95. The molecule has 43 heavy (non-hydrogen) atoms. The zero-order valence-corrected chi connectivity index (χ0v) is 25.0. The van der Waals surface area contributed by atoms with Gasteiger partial charge in [-0.3, -0.25) is 19.5 Å². The Labute approximate surface area is 250 Å². The van der Waals surface area contributed by atoms with Crippen LogP contribution in [0.15, 0.2) is 80.1 Å². The first-order valence-electron chi connectivity index (χ1n) is 13.5. The summed E-state index contributed by atoms with van der Waals surface area (Å²) in [6, 6.07) is 13.9. The number of aromatic nitrogens is 1. The highest BCUT2D eigenvalue weighted by atomic mass is 32.1. The molecule has 1 atom stereocenters. The first kappa shape index (κ1) is 29.5. The molecule has 0 unspecified atom stereocenters. The molecule has 222 valence electrons. The van der Waals surface area contributed by atoms with Crippen molar-refractivity contribution < 1.29 is 28.3 Å². The SMILES string of the molecule is CCOC(=O)C1=C(C)N=c2s/c(=C/c3ccc(-c4ccccc4[N+](=O)[O-])o3)c(=O)n2[C@H]1c1ccc(OC(C)C)c(OC)c1. The summed E-state index contributed by atoms with van der Waals surface area (Å²) in [7, 11) is 1.52. The largest absolute Gasteiger partial charge is 0.493 e. The minimum absolute atomic E-state index is 0.0926. The normalized spacial score (nSPS) is 14.8. The van der Waals surface area contributed by atoms with E-state index >= 15 is 0 Å². The van der Waals surface area contributed by atoms with Gasteiger partial charge in [-0.25, -0.2) is 9.79 Å². The number of benzene rings is 2. The number of allylic oxidation sites excluding steroid dienone is 1. The molecule has 2 aromatic carbocycles. The van der Waals surface area contributed by atoms with Crippen molar-refractivity contribution in [1.82, 2.24) is 4.57 Å². The number of ether oxygens (including phenoxy) is 3. The van der Waals surface area contributed by atoms with Gasteiger partial charge in [0.15, 0.2) is 16.3 Å². The standard InChI is InChI=1S/C31H29N3O8S/c1-6-40-30(36)27-18(4)32-31-33(28(27)19-11-13-24(41-17(2)3)25(15-19)39-5)29(35)26(43-31)16-20-12-14-23(42-20)21-9-7-8-10-22(21)34(37)38/h7-17,28H,6H2,1-5H3/b26-16+/t28-/m0/s1. The van der Waals surface area contributed by atoms with Crippen molar-refractivity contribution in [2.75, 3.05) is 13.7 Å². The second-order valence-corrected chi connectivity index (χ2v) is 10.9. The number of thiazole rings is 1. The number of hydrogen-bond acceptors (Lipinski definition) is 10. The molecule has 1 aliphatic rings. The third-order valence-corrected chi connectivity index (χ3v) is 7.63. The Morgan fingerprint density at radius 3 is 2.65 bits per heavy atom. The van der Waals surface area contributed by atoms with Gasteiger partial charge in [-0.1, -0.05) is 29.5 Å². The Morgan fingerprint density at radius 2 is 1.95 bits per heavy atom. The molecule has 0 amide bonds. The molecular weight excluding hydrogens is 574 g/mol. The number of nitrogens with zero attached hydrogens (tertiary/aromatic N) is 3. The van der Waals surface area contributed by atoms with Gasteiger partial charge in [0.25, 0.3) is 11.2 Å². The van der Waals surface area contributed by atoms with E-state index in [-0.39, 0.29) is 24.0 Å². The Bertz CT molecular complexity index is 1930. The number of fused-ring (bicyclic) bond motifs is 1. The lowest BCUT2D eigenvalue weighted by Crippen LogP contribution is -2.40. The molecular formula is C31H29N3O8S. The molecule has 0 bridgehead atoms. The summed E-state index contributed by atoms with van der Waals surface area (Å²) in [5, 5.41) is 11.5. The number of nitro benzene ring substituents is 1. The monoisotopic (exact) mass is 603 g/mol. The fourth-order valence-corrected chi connectivity index (χ4v) is 5.88. The fraction of sp³-hybridized carbons (Fsp3) is 0.258. The molecule has 0 radical (unpaired) electrons. The van der Waals surface area contributed by atoms with Crippen LogP contribution in [0.5, 0.6) is 11.5 Å². The van der Waals surface area contributed by atoms with Crippen molar-refractivity contribution >= 4 is 29.1 Å². The van der Waals surface area contributed by atoms with Crippen LogP contribution in [0.25, 0.3) is 17.4 Å². The number of carbonyl (C=O) groups is 1. The third kappa shape index (κ3) is 5.73. The van der Waals surface area contributed by atoms with Crippen LogP contribution in [0.3, 0.4) is 0 Å². The highest BCUT2D eigenvalue weighted by Crippen LogP contribution is 2.37. The average Bonchev–Trinajstić information content (AvgIpc) is 3.56. The van der Waals surface area contributed by atoms with Gasteiger partial charge in [0.1, 0.15) is 11.5 Å². The van der Waals surface area contributed by atoms with Crippen LogP contribution in [0, 0.1) is 10.1 Å². The molecule has 0 aliphatic carbocycles. The summed E-state index contributed by atoms with van der Waals surface area (Å²) in [6.07, 6.45) is 1.47. The Kier molecular flexibility index (Phi) is 8.31. The highest BCUT2D eigenvalue weighted by Gasteiger charge is 2.34. The zero-order valence-electron chi connectivity index (χ0n) is 24.2. The van der Waals surface area contributed by atoms with E-state index in [0.717, 1.165) is 11.3 Å². The third-order valence-electron chi connectivity index (χ3n) is 6.65. The van der Waals surface area contributed by atoms with Crippen molar-refractivity contribution in [3.05, 3.63) is 107 Å². The van der Waals surface area contributed by atoms with Gasteiger partial charge in [0.2, 0.25) is 0 Å². The van der Waals surface area contributed by atoms with E-state index in [4.69, 9.17) is 18.6 Å². The van der Waals surface area contributed by atoms with Gasteiger partial charge in [0, 0.05) is 12.1 Å². The molecule has 12 heteroatoms. The number of para-hydroxylation sites is 1. The molecule has 5 rings (SSSR count). The number of esters is 1. The molecule has 0 saturated carbocycles. The molecule has 2 aromatic heterocycles. The van der Waals surface area contributed by atoms with E-state index in [1.54, 1.807) is 68.5 Å². The van der Waals surface area contributed by atoms with Gasteiger partial charge < -0.3 is 18.6 Å². The Hall–Kier alpha value is -4.97. The molecule has 0 N–H and O–H groups in total. The summed E-state index contributed by atoms with van der Waals surface area (Å²) in [5.41, 5.74) is 1.10. The number of nitro groups is 1. The fourth-order valence-electron chi connectivity index (χ4n) is 4.86. The minimum Gasteiger partial charge on any atom is -0.493 e. The topological polar surface area (TPSA) is 135 Å². The maximum absolute atomic E-state index is 13.9. The second-order valence-electron chi connectivity index (χ2n) is 9.86. The first-order valence-corrected chi connectivity index (χ1v) is 14.3. The molecule has 4 aromatic rings. The van der Waals surface area contributed by atoms with Gasteiger partial charge in [0.05, 0.1) is 52.2 Å². The summed E-state index contributed by atoms with van der Waals surface area (Å²) in [4.78, 5) is 43.2. The maximum Gasteiger partial charge on any atom is 0.338 e. The predicted molar refractivity (Wildman–Crippen MR) is 160 cm³/mol. The molecule has 0 saturated heterocycles. The first-order chi connectivity index (χ1) is 20.6. The average molecular weight is 604 g/mol. The number of carbonyl (C=O) groups excluding carboxylic acids is 1. The maximum atomic E-state index is 13.9. The van der Waals surface area contributed by atoms with E-state index in [0.29, 0.717) is 49.2 Å². The van der Waals surface area contributed by atoms with E-state index in [9.17, 15) is 19.7 Å². The van der Waals surface area contributed by atoms with Crippen molar-refractivity contribution in [3.8, 4) is 22.8 Å². The van der Waals surface area contributed by atoms with Gasteiger partial charge in [-0.05, 0) is 63.6 Å². The molecule has 3 heterocycles. The van der Waals surface area contributed by atoms with Crippen LogP contribution in [-0.4, -0.2) is 35.3 Å². The lowest BCUT2D eigenvalue weighted by Gasteiger charge is -2.25. The molecule has 1 aliphatic heterocycles. The Balaban J connectivity index is 1.65. The van der Waals surface area contributed by atoms with Gasteiger partial charge >= 0.3 is 5.97 Å². The lowest BCUT2D eigenvalue weighted by molar-refractivity contribution is -0.384. The quantitative estimate of drug-likeness (QED) is 0.152. The van der Waals surface area contributed by atoms with Crippen LogP contribution in [-0.2, 0) is 9.53 Å². The van der Waals surface area contributed by atoms with Gasteiger partial charge in [-0.15, -0.1) is 0 Å². The summed E-state index contributed by atoms with van der Waals surface area (Å²) in [6.45, 7) is 7.37. The van der Waals surface area contributed by atoms with Crippen LogP contribution in [0.2, 0.25) is 0 Å². The summed E-state index contributed by atoms with van der Waals surface area (Å²) < 4.78 is 24.5. The molecule has 11 nitrogen and oxygen atoms in total. The number of furan rings is 1. The van der Waals surface area contributed by atoms with E-state index in [1.807, 2.05) is 13.8 Å². The molecule has 0 spiro atoms. The van der Waals surface area contributed by atoms with Crippen LogP contribution >= 0.6 is 11.3 Å². The number of hydrogen-bond donors (Lipinski definition) is 0. The predicted octanol–water partition coefficient (Wildman–Crippen LogP) is 4.76. The van der Waals surface area contributed by atoms with Crippen LogP contribution in [0.4, 0.5) is 5.69 Å². The number of methoxy groups -OCH3 is 1. The van der Waals surface area contributed by atoms with Crippen molar-refractivity contribution in [1.29, 1.82) is 0 Å². The highest BCUT2D eigenvalue weighted by molar-refractivity contribution is 7.07. The van der Waals surface area contributed by atoms with E-state index < -0.39 is 22.5 Å². The Morgan fingerprint density at radius 1 is 1.19 bits per heavy atom.